The summed E-state index contributed by atoms with van der Waals surface area (Å²) in [6.45, 7) is 1.63. The van der Waals surface area contributed by atoms with Gasteiger partial charge in [0, 0.05) is 12.2 Å². The molecule has 0 saturated carbocycles. The SMILES string of the molecule is COc1cccc(CN2C(=O)CNCc3ccccc32)c1. The second-order valence-electron chi connectivity index (χ2n) is 5.06. The van der Waals surface area contributed by atoms with Gasteiger partial charge in [-0.3, -0.25) is 4.79 Å². The molecule has 2 aromatic carbocycles. The van der Waals surface area contributed by atoms with Gasteiger partial charge in [0.15, 0.2) is 0 Å². The minimum atomic E-state index is 0.0859. The Hall–Kier alpha value is -2.33. The summed E-state index contributed by atoms with van der Waals surface area (Å²) >= 11 is 0. The van der Waals surface area contributed by atoms with Gasteiger partial charge >= 0.3 is 0 Å². The average Bonchev–Trinajstić information content (AvgIpc) is 2.68. The summed E-state index contributed by atoms with van der Waals surface area (Å²) in [5.41, 5.74) is 3.18. The van der Waals surface area contributed by atoms with Gasteiger partial charge in [0.1, 0.15) is 5.75 Å². The Morgan fingerprint density at radius 3 is 2.86 bits per heavy atom. The highest BCUT2D eigenvalue weighted by Gasteiger charge is 2.21. The van der Waals surface area contributed by atoms with Crippen molar-refractivity contribution in [3.05, 3.63) is 59.7 Å². The largest absolute Gasteiger partial charge is 0.497 e. The van der Waals surface area contributed by atoms with Crippen LogP contribution in [0.15, 0.2) is 48.5 Å². The van der Waals surface area contributed by atoms with Crippen molar-refractivity contribution in [3.63, 3.8) is 0 Å². The van der Waals surface area contributed by atoms with Crippen molar-refractivity contribution in [3.8, 4) is 5.75 Å². The number of ether oxygens (including phenoxy) is 1. The molecule has 0 radical (unpaired) electrons. The summed E-state index contributed by atoms with van der Waals surface area (Å²) in [7, 11) is 1.65. The number of nitrogens with zero attached hydrogens (tertiary/aromatic N) is 1. The van der Waals surface area contributed by atoms with E-state index in [9.17, 15) is 4.79 Å². The van der Waals surface area contributed by atoms with E-state index < -0.39 is 0 Å². The predicted octanol–water partition coefficient (Wildman–Crippen LogP) is 2.33. The number of amides is 1. The fraction of sp³-hybridized carbons (Fsp3) is 0.235. The van der Waals surface area contributed by atoms with E-state index in [2.05, 4.69) is 11.4 Å². The molecule has 1 amide bonds. The van der Waals surface area contributed by atoms with E-state index in [-0.39, 0.29) is 5.91 Å². The molecule has 21 heavy (non-hydrogen) atoms. The van der Waals surface area contributed by atoms with E-state index in [4.69, 9.17) is 4.74 Å². The lowest BCUT2D eigenvalue weighted by atomic mass is 10.1. The first-order valence-corrected chi connectivity index (χ1v) is 7.00. The number of para-hydroxylation sites is 1. The predicted molar refractivity (Wildman–Crippen MR) is 82.3 cm³/mol. The van der Waals surface area contributed by atoms with E-state index in [0.717, 1.165) is 29.1 Å². The van der Waals surface area contributed by atoms with Crippen LogP contribution in [0.4, 0.5) is 5.69 Å². The number of nitrogens with one attached hydrogen (secondary N) is 1. The summed E-state index contributed by atoms with van der Waals surface area (Å²) in [6, 6.07) is 15.9. The van der Waals surface area contributed by atoms with Gasteiger partial charge in [-0.1, -0.05) is 30.3 Å². The average molecular weight is 282 g/mol. The Balaban J connectivity index is 1.93. The highest BCUT2D eigenvalue weighted by molar-refractivity contribution is 5.96. The highest BCUT2D eigenvalue weighted by Crippen LogP contribution is 2.25. The molecule has 0 fully saturated rings. The minimum Gasteiger partial charge on any atom is -0.497 e. The van der Waals surface area contributed by atoms with E-state index in [0.29, 0.717) is 13.1 Å². The minimum absolute atomic E-state index is 0.0859. The van der Waals surface area contributed by atoms with Crippen molar-refractivity contribution in [2.45, 2.75) is 13.1 Å². The molecule has 0 aromatic heterocycles. The van der Waals surface area contributed by atoms with Crippen molar-refractivity contribution in [2.75, 3.05) is 18.6 Å². The van der Waals surface area contributed by atoms with Crippen LogP contribution >= 0.6 is 0 Å². The van der Waals surface area contributed by atoms with E-state index in [1.54, 1.807) is 7.11 Å². The Morgan fingerprint density at radius 2 is 2.00 bits per heavy atom. The molecule has 1 aliphatic heterocycles. The molecular formula is C17H18N2O2. The zero-order chi connectivity index (χ0) is 14.7. The van der Waals surface area contributed by atoms with E-state index in [1.165, 1.54) is 0 Å². The molecule has 0 aliphatic carbocycles. The van der Waals surface area contributed by atoms with Crippen LogP contribution in [0.1, 0.15) is 11.1 Å². The summed E-state index contributed by atoms with van der Waals surface area (Å²) in [4.78, 5) is 14.2. The van der Waals surface area contributed by atoms with Gasteiger partial charge in [0.05, 0.1) is 20.2 Å². The molecule has 0 saturated heterocycles. The van der Waals surface area contributed by atoms with E-state index >= 15 is 0 Å². The molecule has 1 aliphatic rings. The number of anilines is 1. The molecule has 3 rings (SSSR count). The van der Waals surface area contributed by atoms with Gasteiger partial charge in [-0.2, -0.15) is 0 Å². The van der Waals surface area contributed by atoms with Gasteiger partial charge in [0.2, 0.25) is 5.91 Å². The number of methoxy groups -OCH3 is 1. The molecule has 108 valence electrons. The van der Waals surface area contributed by atoms with Gasteiger partial charge in [-0.25, -0.2) is 0 Å². The van der Waals surface area contributed by atoms with Crippen LogP contribution in [0.25, 0.3) is 0 Å². The maximum atomic E-state index is 12.4. The quantitative estimate of drug-likeness (QED) is 0.939. The second-order valence-corrected chi connectivity index (χ2v) is 5.06. The van der Waals surface area contributed by atoms with Crippen LogP contribution in [0.2, 0.25) is 0 Å². The molecular weight excluding hydrogens is 264 g/mol. The normalized spacial score (nSPS) is 14.5. The van der Waals surface area contributed by atoms with Crippen molar-refractivity contribution in [2.24, 2.45) is 0 Å². The monoisotopic (exact) mass is 282 g/mol. The third-order valence-electron chi connectivity index (χ3n) is 3.65. The first-order valence-electron chi connectivity index (χ1n) is 7.00. The number of hydrogen-bond acceptors (Lipinski definition) is 3. The molecule has 0 spiro atoms. The number of benzene rings is 2. The third-order valence-corrected chi connectivity index (χ3v) is 3.65. The molecule has 2 aromatic rings. The summed E-state index contributed by atoms with van der Waals surface area (Å²) in [5, 5.41) is 3.18. The maximum Gasteiger partial charge on any atom is 0.241 e. The first kappa shape index (κ1) is 13.6. The fourth-order valence-corrected chi connectivity index (χ4v) is 2.58. The standard InChI is InChI=1S/C17H18N2O2/c1-21-15-7-4-5-13(9-15)12-19-16-8-3-2-6-14(16)10-18-11-17(19)20/h2-9,18H,10-12H2,1H3. The number of fused-ring (bicyclic) bond motifs is 1. The summed E-state index contributed by atoms with van der Waals surface area (Å²) < 4.78 is 5.25. The van der Waals surface area contributed by atoms with Gasteiger partial charge in [-0.15, -0.1) is 0 Å². The third kappa shape index (κ3) is 2.90. The molecule has 4 nitrogen and oxygen atoms in total. The van der Waals surface area contributed by atoms with E-state index in [1.807, 2.05) is 47.4 Å². The molecule has 0 bridgehead atoms. The Bertz CT molecular complexity index is 655. The number of hydrogen-bond donors (Lipinski definition) is 1. The summed E-state index contributed by atoms with van der Waals surface area (Å²) in [6.07, 6.45) is 0. The zero-order valence-electron chi connectivity index (χ0n) is 12.0. The van der Waals surface area contributed by atoms with Gasteiger partial charge in [0.25, 0.3) is 0 Å². The Morgan fingerprint density at radius 1 is 1.14 bits per heavy atom. The van der Waals surface area contributed by atoms with Crippen LogP contribution in [0, 0.1) is 0 Å². The lowest BCUT2D eigenvalue weighted by Crippen LogP contribution is -2.35. The van der Waals surface area contributed by atoms with Crippen LogP contribution in [0.3, 0.4) is 0 Å². The van der Waals surface area contributed by atoms with Crippen molar-refractivity contribution in [1.82, 2.24) is 5.32 Å². The molecule has 1 N–H and O–H groups in total. The number of rotatable bonds is 3. The van der Waals surface area contributed by atoms with Crippen molar-refractivity contribution >= 4 is 11.6 Å². The van der Waals surface area contributed by atoms with Crippen LogP contribution < -0.4 is 15.0 Å². The zero-order valence-corrected chi connectivity index (χ0v) is 12.0. The maximum absolute atomic E-state index is 12.4. The Labute approximate surface area is 124 Å². The van der Waals surface area contributed by atoms with Crippen LogP contribution in [-0.4, -0.2) is 19.6 Å². The smallest absolute Gasteiger partial charge is 0.241 e. The molecule has 0 atom stereocenters. The number of carbonyl (C=O) groups excluding carboxylic acids is 1. The summed E-state index contributed by atoms with van der Waals surface area (Å²) in [5.74, 6) is 0.893. The second kappa shape index (κ2) is 5.97. The van der Waals surface area contributed by atoms with Crippen LogP contribution in [0.5, 0.6) is 5.75 Å². The number of carbonyl (C=O) groups is 1. The fourth-order valence-electron chi connectivity index (χ4n) is 2.58. The lowest BCUT2D eigenvalue weighted by molar-refractivity contribution is -0.117. The van der Waals surface area contributed by atoms with Gasteiger partial charge < -0.3 is 15.0 Å². The topological polar surface area (TPSA) is 41.6 Å². The first-order chi connectivity index (χ1) is 10.3. The Kier molecular flexibility index (Phi) is 3.88. The lowest BCUT2D eigenvalue weighted by Gasteiger charge is -2.23. The molecule has 0 unspecified atom stereocenters. The van der Waals surface area contributed by atoms with Crippen LogP contribution in [-0.2, 0) is 17.9 Å². The molecule has 1 heterocycles. The van der Waals surface area contributed by atoms with Crippen molar-refractivity contribution in [1.29, 1.82) is 0 Å². The van der Waals surface area contributed by atoms with Crippen molar-refractivity contribution < 1.29 is 9.53 Å². The van der Waals surface area contributed by atoms with Gasteiger partial charge in [-0.05, 0) is 29.3 Å². The highest BCUT2D eigenvalue weighted by atomic mass is 16.5. The molecule has 4 heteroatoms.